The molecule has 0 amide bonds. The summed E-state index contributed by atoms with van der Waals surface area (Å²) in [4.78, 5) is 4.04. The van der Waals surface area contributed by atoms with Crippen molar-refractivity contribution in [2.45, 2.75) is 19.6 Å². The molecule has 0 aromatic carbocycles. The first-order valence-electron chi connectivity index (χ1n) is 5.30. The van der Waals surface area contributed by atoms with Gasteiger partial charge in [-0.25, -0.2) is 4.98 Å². The highest BCUT2D eigenvalue weighted by Crippen LogP contribution is 2.58. The molecule has 2 N–H and O–H groups in total. The van der Waals surface area contributed by atoms with Crippen molar-refractivity contribution >= 4 is 23.5 Å². The molecule has 0 fully saturated rings. The minimum Gasteiger partial charge on any atom is -0.314 e. The number of nitrogens with two attached hydrogens (primary N) is 1. The second-order valence-electron chi connectivity index (χ2n) is 3.20. The van der Waals surface area contributed by atoms with Gasteiger partial charge in [0, 0.05) is 11.8 Å². The summed E-state index contributed by atoms with van der Waals surface area (Å²) in [6, 6.07) is 3.47. The molecule has 0 saturated heterocycles. The van der Waals surface area contributed by atoms with E-state index in [-0.39, 0.29) is 13.2 Å². The first-order valence-corrected chi connectivity index (χ1v) is 7.70. The summed E-state index contributed by atoms with van der Waals surface area (Å²) in [5.41, 5.74) is 6.57. The Balaban J connectivity index is 3.04. The third-order valence-corrected chi connectivity index (χ3v) is 4.92. The molecule has 0 spiro atoms. The maximum atomic E-state index is 12.4. The van der Waals surface area contributed by atoms with Crippen molar-refractivity contribution in [2.24, 2.45) is 5.73 Å². The standard InChI is InChI=1S/C10H16BrN2O3P/c1-3-15-17(14,16-4-2)10(12)8-6-5-7-13-9(8)11/h5-7,10H,3-4,12H2,1-2H3/t10-/m0/s1. The first kappa shape index (κ1) is 14.8. The first-order chi connectivity index (χ1) is 8.05. The summed E-state index contributed by atoms with van der Waals surface area (Å²) in [6.07, 6.45) is 1.62. The molecule has 0 aliphatic heterocycles. The van der Waals surface area contributed by atoms with E-state index >= 15 is 0 Å². The van der Waals surface area contributed by atoms with Crippen molar-refractivity contribution in [3.05, 3.63) is 28.5 Å². The van der Waals surface area contributed by atoms with Crippen molar-refractivity contribution in [3.8, 4) is 0 Å². The lowest BCUT2D eigenvalue weighted by Crippen LogP contribution is -2.15. The van der Waals surface area contributed by atoms with E-state index in [1.54, 1.807) is 32.2 Å². The van der Waals surface area contributed by atoms with E-state index in [9.17, 15) is 4.57 Å². The topological polar surface area (TPSA) is 74.4 Å². The zero-order chi connectivity index (χ0) is 12.9. The van der Waals surface area contributed by atoms with Crippen LogP contribution in [0, 0.1) is 0 Å². The number of aromatic nitrogens is 1. The van der Waals surface area contributed by atoms with Crippen LogP contribution >= 0.6 is 23.5 Å². The lowest BCUT2D eigenvalue weighted by Gasteiger charge is -2.23. The number of hydrogen-bond donors (Lipinski definition) is 1. The number of halogens is 1. The van der Waals surface area contributed by atoms with E-state index in [1.807, 2.05) is 0 Å². The average Bonchev–Trinajstić information content (AvgIpc) is 2.29. The van der Waals surface area contributed by atoms with E-state index < -0.39 is 13.4 Å². The van der Waals surface area contributed by atoms with Crippen molar-refractivity contribution in [1.82, 2.24) is 4.98 Å². The largest absolute Gasteiger partial charge is 0.351 e. The Morgan fingerprint density at radius 2 is 2.06 bits per heavy atom. The monoisotopic (exact) mass is 322 g/mol. The molecule has 0 radical (unpaired) electrons. The molecule has 96 valence electrons. The maximum absolute atomic E-state index is 12.4. The van der Waals surface area contributed by atoms with Crippen molar-refractivity contribution < 1.29 is 13.6 Å². The number of nitrogens with zero attached hydrogens (tertiary/aromatic N) is 1. The molecule has 0 bridgehead atoms. The van der Waals surface area contributed by atoms with Gasteiger partial charge in [0.15, 0.2) is 0 Å². The summed E-state index contributed by atoms with van der Waals surface area (Å²) >= 11 is 3.27. The minimum absolute atomic E-state index is 0.281. The Labute approximate surface area is 109 Å². The SMILES string of the molecule is CCOP(=O)(OCC)[C@H](N)c1cccnc1Br. The van der Waals surface area contributed by atoms with Gasteiger partial charge in [0.2, 0.25) is 0 Å². The number of rotatable bonds is 6. The van der Waals surface area contributed by atoms with E-state index in [2.05, 4.69) is 20.9 Å². The lowest BCUT2D eigenvalue weighted by molar-refractivity contribution is 0.212. The van der Waals surface area contributed by atoms with Crippen LogP contribution in [-0.4, -0.2) is 18.2 Å². The zero-order valence-corrected chi connectivity index (χ0v) is 12.3. The van der Waals surface area contributed by atoms with Crippen molar-refractivity contribution in [2.75, 3.05) is 13.2 Å². The third-order valence-electron chi connectivity index (χ3n) is 2.07. The molecule has 0 aliphatic carbocycles. The van der Waals surface area contributed by atoms with Gasteiger partial charge in [-0.2, -0.15) is 0 Å². The second kappa shape index (κ2) is 6.61. The van der Waals surface area contributed by atoms with Gasteiger partial charge in [-0.05, 0) is 35.8 Å². The van der Waals surface area contributed by atoms with Crippen LogP contribution in [0.2, 0.25) is 0 Å². The molecule has 1 heterocycles. The fourth-order valence-corrected chi connectivity index (χ4v) is 3.69. The Kier molecular flexibility index (Phi) is 5.76. The molecule has 7 heteroatoms. The molecular weight excluding hydrogens is 307 g/mol. The minimum atomic E-state index is -3.35. The van der Waals surface area contributed by atoms with Crippen LogP contribution in [0.25, 0.3) is 0 Å². The van der Waals surface area contributed by atoms with Gasteiger partial charge in [-0.3, -0.25) is 4.57 Å². The van der Waals surface area contributed by atoms with Crippen LogP contribution in [0.4, 0.5) is 0 Å². The average molecular weight is 323 g/mol. The molecule has 5 nitrogen and oxygen atoms in total. The fraction of sp³-hybridized carbons (Fsp3) is 0.500. The van der Waals surface area contributed by atoms with Crippen LogP contribution in [0.15, 0.2) is 22.9 Å². The third kappa shape index (κ3) is 3.60. The molecule has 1 atom stereocenters. The summed E-state index contributed by atoms with van der Waals surface area (Å²) < 4.78 is 23.4. The lowest BCUT2D eigenvalue weighted by atomic mass is 10.3. The molecule has 1 rings (SSSR count). The molecule has 0 unspecified atom stereocenters. The van der Waals surface area contributed by atoms with Crippen LogP contribution in [0.5, 0.6) is 0 Å². The highest BCUT2D eigenvalue weighted by Gasteiger charge is 2.35. The highest BCUT2D eigenvalue weighted by atomic mass is 79.9. The summed E-state index contributed by atoms with van der Waals surface area (Å²) in [6.45, 7) is 4.05. The van der Waals surface area contributed by atoms with Crippen LogP contribution in [0.3, 0.4) is 0 Å². The van der Waals surface area contributed by atoms with Gasteiger partial charge in [0.25, 0.3) is 0 Å². The molecule has 17 heavy (non-hydrogen) atoms. The van der Waals surface area contributed by atoms with E-state index in [1.165, 1.54) is 0 Å². The summed E-state index contributed by atoms with van der Waals surface area (Å²) in [5.74, 6) is -0.842. The van der Waals surface area contributed by atoms with E-state index in [4.69, 9.17) is 14.8 Å². The molecule has 0 aliphatic rings. The predicted octanol–water partition coefficient (Wildman–Crippen LogP) is 3.07. The van der Waals surface area contributed by atoms with E-state index in [0.717, 1.165) is 0 Å². The quantitative estimate of drug-likeness (QED) is 0.643. The molecule has 1 aromatic heterocycles. The van der Waals surface area contributed by atoms with Gasteiger partial charge in [-0.15, -0.1) is 0 Å². The smallest absolute Gasteiger partial charge is 0.314 e. The van der Waals surface area contributed by atoms with Gasteiger partial charge < -0.3 is 14.8 Å². The van der Waals surface area contributed by atoms with Gasteiger partial charge in [-0.1, -0.05) is 6.07 Å². The van der Waals surface area contributed by atoms with Crippen LogP contribution < -0.4 is 5.73 Å². The van der Waals surface area contributed by atoms with Crippen LogP contribution in [-0.2, 0) is 13.6 Å². The second-order valence-corrected chi connectivity index (χ2v) is 6.11. The Morgan fingerprint density at radius 3 is 2.53 bits per heavy atom. The van der Waals surface area contributed by atoms with Gasteiger partial charge >= 0.3 is 7.60 Å². The highest BCUT2D eigenvalue weighted by molar-refractivity contribution is 9.10. The summed E-state index contributed by atoms with van der Waals surface area (Å²) in [7, 11) is -3.35. The maximum Gasteiger partial charge on any atom is 0.351 e. The normalized spacial score (nSPS) is 13.6. The molecule has 1 aromatic rings. The molecule has 0 saturated carbocycles. The zero-order valence-electron chi connectivity index (χ0n) is 9.80. The fourth-order valence-electron chi connectivity index (χ4n) is 1.35. The van der Waals surface area contributed by atoms with Gasteiger partial charge in [0.05, 0.1) is 13.2 Å². The van der Waals surface area contributed by atoms with Crippen molar-refractivity contribution in [1.29, 1.82) is 0 Å². The number of pyridine rings is 1. The Hall–Kier alpha value is -0.260. The number of hydrogen-bond acceptors (Lipinski definition) is 5. The molecular formula is C10H16BrN2O3P. The van der Waals surface area contributed by atoms with Crippen LogP contribution in [0.1, 0.15) is 25.2 Å². The summed E-state index contributed by atoms with van der Waals surface area (Å²) in [5, 5.41) is 0. The Morgan fingerprint density at radius 1 is 1.47 bits per heavy atom. The van der Waals surface area contributed by atoms with Crippen molar-refractivity contribution in [3.63, 3.8) is 0 Å². The predicted molar refractivity (Wildman–Crippen MR) is 69.7 cm³/mol. The van der Waals surface area contributed by atoms with Gasteiger partial charge in [0.1, 0.15) is 10.4 Å². The van der Waals surface area contributed by atoms with E-state index in [0.29, 0.717) is 10.2 Å². The Bertz CT molecular complexity index is 406.